The van der Waals surface area contributed by atoms with Crippen molar-refractivity contribution in [3.05, 3.63) is 73.8 Å². The summed E-state index contributed by atoms with van der Waals surface area (Å²) < 4.78 is 0. The van der Waals surface area contributed by atoms with E-state index in [0.29, 0.717) is 5.69 Å². The van der Waals surface area contributed by atoms with Crippen molar-refractivity contribution in [2.75, 3.05) is 5.32 Å². The predicted molar refractivity (Wildman–Crippen MR) is 113 cm³/mol. The van der Waals surface area contributed by atoms with Crippen LogP contribution < -0.4 is 16.5 Å². The van der Waals surface area contributed by atoms with Crippen LogP contribution in [0.3, 0.4) is 0 Å². The molecule has 0 aromatic heterocycles. The minimum atomic E-state index is -0.815. The van der Waals surface area contributed by atoms with Crippen molar-refractivity contribution in [2.45, 2.75) is 19.8 Å². The number of benzene rings is 2. The van der Waals surface area contributed by atoms with Gasteiger partial charge in [-0.1, -0.05) is 0 Å². The highest BCUT2D eigenvalue weighted by molar-refractivity contribution is 6.06. The Bertz CT molecular complexity index is 1110. The van der Waals surface area contributed by atoms with E-state index in [1.165, 1.54) is 31.2 Å². The number of amides is 3. The highest BCUT2D eigenvalue weighted by Gasteiger charge is 2.21. The van der Waals surface area contributed by atoms with E-state index >= 15 is 0 Å². The van der Waals surface area contributed by atoms with Crippen LogP contribution in [0.25, 0.3) is 0 Å². The summed E-state index contributed by atoms with van der Waals surface area (Å²) in [6.07, 6.45) is -0.598. The maximum Gasteiger partial charge on any atom is 0.279 e. The molecule has 13 nitrogen and oxygen atoms in total. The lowest BCUT2D eigenvalue weighted by Gasteiger charge is -2.06. The van der Waals surface area contributed by atoms with Gasteiger partial charge in [0.15, 0.2) is 0 Å². The maximum atomic E-state index is 12.1. The number of non-ortho nitro benzene ring substituents is 1. The Morgan fingerprint density at radius 3 is 2.22 bits per heavy atom. The van der Waals surface area contributed by atoms with Gasteiger partial charge in [0.25, 0.3) is 11.4 Å². The second-order valence-electron chi connectivity index (χ2n) is 6.55. The summed E-state index contributed by atoms with van der Waals surface area (Å²) in [6, 6.07) is 8.88. The van der Waals surface area contributed by atoms with E-state index in [-0.39, 0.29) is 23.3 Å². The number of nitrogens with one attached hydrogen (secondary N) is 2. The zero-order valence-electron chi connectivity index (χ0n) is 16.7. The highest BCUT2D eigenvalue weighted by atomic mass is 16.6. The number of anilines is 1. The minimum Gasteiger partial charge on any atom is -0.366 e. The molecule has 0 aliphatic rings. The van der Waals surface area contributed by atoms with Crippen LogP contribution in [0.5, 0.6) is 0 Å². The molecule has 13 heteroatoms. The normalized spacial score (nSPS) is 10.8. The SMILES string of the molecule is C/C(CC(=O)Nc1ccc(C(N)=O)cc1)=N\NC(=O)Cc1ccc([N+](=O)[O-])cc1[N+](=O)[O-]. The third-order valence-corrected chi connectivity index (χ3v) is 4.07. The summed E-state index contributed by atoms with van der Waals surface area (Å²) in [4.78, 5) is 55.5. The summed E-state index contributed by atoms with van der Waals surface area (Å²) in [5, 5.41) is 28.3. The monoisotopic (exact) mass is 442 g/mol. The van der Waals surface area contributed by atoms with Gasteiger partial charge < -0.3 is 11.1 Å². The Morgan fingerprint density at radius 1 is 1.00 bits per heavy atom. The second kappa shape index (κ2) is 10.4. The van der Waals surface area contributed by atoms with Crippen molar-refractivity contribution in [2.24, 2.45) is 10.8 Å². The smallest absolute Gasteiger partial charge is 0.279 e. The number of carbonyl (C=O) groups is 3. The predicted octanol–water partition coefficient (Wildman–Crippen LogP) is 1.67. The summed E-state index contributed by atoms with van der Waals surface area (Å²) in [5.41, 5.74) is 7.25. The number of nitrogens with zero attached hydrogens (tertiary/aromatic N) is 3. The zero-order valence-corrected chi connectivity index (χ0v) is 16.7. The summed E-state index contributed by atoms with van der Waals surface area (Å²) >= 11 is 0. The molecule has 2 aromatic carbocycles. The van der Waals surface area contributed by atoms with Crippen LogP contribution in [-0.2, 0) is 16.0 Å². The number of nitro benzene ring substituents is 2. The molecule has 2 aromatic rings. The average Bonchev–Trinajstić information content (AvgIpc) is 2.72. The van der Waals surface area contributed by atoms with Crippen molar-refractivity contribution in [3.63, 3.8) is 0 Å². The number of rotatable bonds is 9. The van der Waals surface area contributed by atoms with E-state index in [1.54, 1.807) is 0 Å². The maximum absolute atomic E-state index is 12.1. The fourth-order valence-corrected chi connectivity index (χ4v) is 2.55. The molecule has 2 rings (SSSR count). The molecule has 0 radical (unpaired) electrons. The number of hydrogen-bond acceptors (Lipinski definition) is 8. The lowest BCUT2D eigenvalue weighted by molar-refractivity contribution is -0.394. The molecule has 0 aliphatic heterocycles. The molecule has 0 bridgehead atoms. The fraction of sp³-hybridized carbons (Fsp3) is 0.158. The lowest BCUT2D eigenvalue weighted by atomic mass is 10.1. The van der Waals surface area contributed by atoms with E-state index in [4.69, 9.17) is 5.73 Å². The Labute approximate surface area is 180 Å². The van der Waals surface area contributed by atoms with Gasteiger partial charge in [-0.25, -0.2) is 5.43 Å². The lowest BCUT2D eigenvalue weighted by Crippen LogP contribution is -2.23. The molecule has 0 atom stereocenters. The van der Waals surface area contributed by atoms with Crippen LogP contribution in [0, 0.1) is 20.2 Å². The van der Waals surface area contributed by atoms with Crippen LogP contribution in [0.15, 0.2) is 47.6 Å². The van der Waals surface area contributed by atoms with E-state index in [9.17, 15) is 34.6 Å². The first-order chi connectivity index (χ1) is 15.1. The van der Waals surface area contributed by atoms with Crippen LogP contribution in [0.2, 0.25) is 0 Å². The van der Waals surface area contributed by atoms with Gasteiger partial charge in [0, 0.05) is 28.6 Å². The van der Waals surface area contributed by atoms with Crippen LogP contribution in [-0.4, -0.2) is 33.3 Å². The van der Waals surface area contributed by atoms with Gasteiger partial charge in [0.05, 0.1) is 28.8 Å². The first-order valence-corrected chi connectivity index (χ1v) is 9.00. The van der Waals surface area contributed by atoms with E-state index in [0.717, 1.165) is 18.2 Å². The Hall–Kier alpha value is -4.68. The molecule has 0 spiro atoms. The number of nitrogens with two attached hydrogens (primary N) is 1. The van der Waals surface area contributed by atoms with Crippen molar-refractivity contribution in [1.29, 1.82) is 0 Å². The van der Waals surface area contributed by atoms with E-state index in [1.807, 2.05) is 0 Å². The van der Waals surface area contributed by atoms with Gasteiger partial charge >= 0.3 is 0 Å². The van der Waals surface area contributed by atoms with Crippen molar-refractivity contribution in [3.8, 4) is 0 Å². The van der Waals surface area contributed by atoms with Gasteiger partial charge in [0.2, 0.25) is 17.7 Å². The Balaban J connectivity index is 1.94. The standard InChI is InChI=1S/C19H18N6O7/c1-11(8-17(26)21-14-5-2-12(3-6-14)19(20)28)22-23-18(27)9-13-4-7-15(24(29)30)10-16(13)25(31)32/h2-7,10H,8-9H2,1H3,(H2,20,28)(H,21,26)(H,23,27)/b22-11+. The van der Waals surface area contributed by atoms with Gasteiger partial charge in [-0.05, 0) is 37.3 Å². The molecule has 0 aliphatic carbocycles. The van der Waals surface area contributed by atoms with Crippen molar-refractivity contribution in [1.82, 2.24) is 5.43 Å². The van der Waals surface area contributed by atoms with E-state index < -0.39 is 45.4 Å². The molecular weight excluding hydrogens is 424 g/mol. The largest absolute Gasteiger partial charge is 0.366 e. The second-order valence-corrected chi connectivity index (χ2v) is 6.55. The topological polar surface area (TPSA) is 200 Å². The Kier molecular flexibility index (Phi) is 7.65. The first-order valence-electron chi connectivity index (χ1n) is 9.00. The third-order valence-electron chi connectivity index (χ3n) is 4.07. The molecule has 4 N–H and O–H groups in total. The van der Waals surface area contributed by atoms with E-state index in [2.05, 4.69) is 15.8 Å². The van der Waals surface area contributed by atoms with Gasteiger partial charge in [-0.15, -0.1) is 0 Å². The molecule has 166 valence electrons. The number of hydrazone groups is 1. The summed E-state index contributed by atoms with van der Waals surface area (Å²) in [7, 11) is 0. The Morgan fingerprint density at radius 2 is 1.66 bits per heavy atom. The quantitative estimate of drug-likeness (QED) is 0.298. The van der Waals surface area contributed by atoms with Crippen molar-refractivity contribution >= 4 is 40.5 Å². The van der Waals surface area contributed by atoms with Crippen LogP contribution in [0.4, 0.5) is 17.1 Å². The van der Waals surface area contributed by atoms with Gasteiger partial charge in [-0.2, -0.15) is 5.10 Å². The zero-order chi connectivity index (χ0) is 23.8. The fourth-order valence-electron chi connectivity index (χ4n) is 2.55. The molecule has 0 saturated carbocycles. The molecule has 3 amide bonds. The molecule has 0 heterocycles. The molecule has 0 unspecified atom stereocenters. The van der Waals surface area contributed by atoms with Crippen molar-refractivity contribution < 1.29 is 24.2 Å². The van der Waals surface area contributed by atoms with Crippen LogP contribution in [0.1, 0.15) is 29.3 Å². The average molecular weight is 442 g/mol. The number of primary amides is 1. The molecule has 0 saturated heterocycles. The summed E-state index contributed by atoms with van der Waals surface area (Å²) in [5.74, 6) is -1.73. The molecule has 32 heavy (non-hydrogen) atoms. The van der Waals surface area contributed by atoms with Crippen LogP contribution >= 0.6 is 0 Å². The van der Waals surface area contributed by atoms with Gasteiger partial charge in [-0.3, -0.25) is 34.6 Å². The number of carbonyl (C=O) groups excluding carboxylic acids is 3. The minimum absolute atomic E-state index is 0.0249. The highest BCUT2D eigenvalue weighted by Crippen LogP contribution is 2.25. The molecular formula is C19H18N6O7. The number of hydrogen-bond donors (Lipinski definition) is 3. The van der Waals surface area contributed by atoms with Gasteiger partial charge in [0.1, 0.15) is 0 Å². The first kappa shape index (κ1) is 23.6. The molecule has 0 fully saturated rings. The number of nitro groups is 2. The third kappa shape index (κ3) is 6.69. The summed E-state index contributed by atoms with van der Waals surface area (Å²) in [6.45, 7) is 1.49.